The molecule has 10 heteroatoms. The number of sulfonamides is 1. The number of amidine groups is 1. The van der Waals surface area contributed by atoms with Crippen molar-refractivity contribution < 1.29 is 22.4 Å². The van der Waals surface area contributed by atoms with Gasteiger partial charge in [0, 0.05) is 18.5 Å². The van der Waals surface area contributed by atoms with Crippen LogP contribution in [0.5, 0.6) is 0 Å². The summed E-state index contributed by atoms with van der Waals surface area (Å²) in [4.78, 5) is 29.0. The van der Waals surface area contributed by atoms with Crippen LogP contribution < -0.4 is 5.32 Å². The fourth-order valence-corrected chi connectivity index (χ4v) is 7.51. The first-order valence-electron chi connectivity index (χ1n) is 11.5. The molecule has 0 radical (unpaired) electrons. The Balaban J connectivity index is 1.41. The van der Waals surface area contributed by atoms with E-state index in [4.69, 9.17) is 5.26 Å². The summed E-state index contributed by atoms with van der Waals surface area (Å²) in [6, 6.07) is 11.6. The summed E-state index contributed by atoms with van der Waals surface area (Å²) in [5.74, 6) is -2.75. The van der Waals surface area contributed by atoms with Gasteiger partial charge >= 0.3 is 0 Å². The number of anilines is 1. The molecule has 1 amide bonds. The molecule has 0 aromatic heterocycles. The van der Waals surface area contributed by atoms with Gasteiger partial charge in [0.2, 0.25) is 5.91 Å². The molecule has 2 saturated carbocycles. The zero-order chi connectivity index (χ0) is 24.5. The SMILES string of the molecule is N#Cc1ccc2c(c1)S(=O)(=O)N=C(C1C(=O)[C@@H]3[C@H]4CC[C@H](C4)[C@@H]3N(Cc3ccc(F)cc3)C1=O)N2. The number of carbonyl (C=O) groups excluding carboxylic acids is 2. The number of benzene rings is 2. The molecule has 35 heavy (non-hydrogen) atoms. The largest absolute Gasteiger partial charge is 0.341 e. The molecule has 178 valence electrons. The van der Waals surface area contributed by atoms with E-state index in [1.807, 2.05) is 6.07 Å². The lowest BCUT2D eigenvalue weighted by molar-refractivity contribution is -0.153. The zero-order valence-electron chi connectivity index (χ0n) is 18.5. The molecule has 6 rings (SSSR count). The molecule has 2 aliphatic carbocycles. The molecule has 2 bridgehead atoms. The van der Waals surface area contributed by atoms with Crippen molar-refractivity contribution in [2.24, 2.45) is 28.1 Å². The van der Waals surface area contributed by atoms with Crippen LogP contribution in [0.4, 0.5) is 10.1 Å². The summed E-state index contributed by atoms with van der Waals surface area (Å²) < 4.78 is 43.2. The lowest BCUT2D eigenvalue weighted by Crippen LogP contribution is -2.61. The maximum atomic E-state index is 13.8. The highest BCUT2D eigenvalue weighted by molar-refractivity contribution is 7.90. The third-order valence-corrected chi connectivity index (χ3v) is 9.12. The standard InChI is InChI=1S/C25H21FN4O4S/c26-17-6-1-13(2-7-17)12-30-22-16-5-4-15(10-16)20(22)23(31)21(25(30)32)24-28-18-8-3-14(11-27)9-19(18)35(33,34)29-24/h1-3,6-9,15-16,20-22H,4-5,10,12H2,(H,28,29)/t15-,16+,20+,21?,22-/m0/s1. The van der Waals surface area contributed by atoms with Crippen molar-refractivity contribution in [3.63, 3.8) is 0 Å². The monoisotopic (exact) mass is 492 g/mol. The van der Waals surface area contributed by atoms with Crippen LogP contribution in [0.2, 0.25) is 0 Å². The first kappa shape index (κ1) is 21.9. The third-order valence-electron chi connectivity index (χ3n) is 7.79. The van der Waals surface area contributed by atoms with Crippen molar-refractivity contribution in [1.82, 2.24) is 4.90 Å². The molecule has 2 aliphatic heterocycles. The average Bonchev–Trinajstić information content (AvgIpc) is 3.45. The van der Waals surface area contributed by atoms with Gasteiger partial charge in [0.25, 0.3) is 10.0 Å². The van der Waals surface area contributed by atoms with E-state index >= 15 is 0 Å². The van der Waals surface area contributed by atoms with E-state index in [9.17, 15) is 22.4 Å². The number of piperidine rings is 1. The number of halogens is 1. The molecule has 0 spiro atoms. The van der Waals surface area contributed by atoms with Crippen LogP contribution >= 0.6 is 0 Å². The molecule has 3 fully saturated rings. The highest BCUT2D eigenvalue weighted by Gasteiger charge is 2.60. The third kappa shape index (κ3) is 3.37. The molecule has 5 atom stereocenters. The summed E-state index contributed by atoms with van der Waals surface area (Å²) in [7, 11) is -4.22. The highest BCUT2D eigenvalue weighted by atomic mass is 32.2. The van der Waals surface area contributed by atoms with Gasteiger partial charge in [0.15, 0.2) is 11.7 Å². The van der Waals surface area contributed by atoms with Crippen molar-refractivity contribution in [2.75, 3.05) is 5.32 Å². The van der Waals surface area contributed by atoms with Crippen molar-refractivity contribution in [2.45, 2.75) is 36.7 Å². The molecular formula is C25H21FN4O4S. The van der Waals surface area contributed by atoms with Gasteiger partial charge in [0.1, 0.15) is 16.5 Å². The quantitative estimate of drug-likeness (QED) is 0.658. The second kappa shape index (κ2) is 7.71. The highest BCUT2D eigenvalue weighted by Crippen LogP contribution is 2.54. The molecule has 2 aromatic rings. The molecule has 8 nitrogen and oxygen atoms in total. The van der Waals surface area contributed by atoms with Crippen molar-refractivity contribution in [1.29, 1.82) is 5.26 Å². The number of rotatable bonds is 3. The fraction of sp³-hybridized carbons (Fsp3) is 0.360. The minimum Gasteiger partial charge on any atom is -0.341 e. The Kier molecular flexibility index (Phi) is 4.83. The Bertz CT molecular complexity index is 1450. The molecule has 2 aromatic carbocycles. The Labute approximate surface area is 201 Å². The van der Waals surface area contributed by atoms with Gasteiger partial charge in [-0.25, -0.2) is 4.39 Å². The lowest BCUT2D eigenvalue weighted by atomic mass is 9.73. The molecule has 1 unspecified atom stereocenters. The number of Topliss-reactive ketones (excluding diaryl/α,β-unsaturated/α-hetero) is 1. The number of hydrogen-bond donors (Lipinski definition) is 1. The first-order chi connectivity index (χ1) is 16.8. The van der Waals surface area contributed by atoms with E-state index in [0.29, 0.717) is 0 Å². The summed E-state index contributed by atoms with van der Waals surface area (Å²) in [6.07, 6.45) is 2.71. The van der Waals surface area contributed by atoms with Crippen LogP contribution in [0.3, 0.4) is 0 Å². The minimum absolute atomic E-state index is 0.148. The van der Waals surface area contributed by atoms with Gasteiger partial charge in [-0.05, 0) is 67.0 Å². The second-order valence-corrected chi connectivity index (χ2v) is 11.2. The summed E-state index contributed by atoms with van der Waals surface area (Å²) in [6.45, 7) is 0.204. The van der Waals surface area contributed by atoms with Gasteiger partial charge < -0.3 is 10.2 Å². The van der Waals surface area contributed by atoms with Crippen LogP contribution in [0.1, 0.15) is 30.4 Å². The number of hydrogen-bond acceptors (Lipinski definition) is 6. The van der Waals surface area contributed by atoms with Crippen LogP contribution in [-0.2, 0) is 26.2 Å². The molecular weight excluding hydrogens is 471 g/mol. The van der Waals surface area contributed by atoms with E-state index in [-0.39, 0.29) is 63.9 Å². The molecule has 1 N–H and O–H groups in total. The Hall–Kier alpha value is -3.58. The van der Waals surface area contributed by atoms with E-state index in [1.165, 1.54) is 30.3 Å². The predicted molar refractivity (Wildman–Crippen MR) is 123 cm³/mol. The summed E-state index contributed by atoms with van der Waals surface area (Å²) in [5.41, 5.74) is 1.07. The number of likely N-dealkylation sites (tertiary alicyclic amines) is 1. The maximum Gasteiger partial charge on any atom is 0.286 e. The van der Waals surface area contributed by atoms with Crippen molar-refractivity contribution in [3.05, 3.63) is 59.4 Å². The van der Waals surface area contributed by atoms with E-state index < -0.39 is 21.8 Å². The molecule has 4 aliphatic rings. The maximum absolute atomic E-state index is 13.8. The van der Waals surface area contributed by atoms with Crippen LogP contribution in [0.25, 0.3) is 0 Å². The molecule has 1 saturated heterocycles. The van der Waals surface area contributed by atoms with E-state index in [2.05, 4.69) is 9.71 Å². The number of ketones is 1. The summed E-state index contributed by atoms with van der Waals surface area (Å²) in [5, 5.41) is 12.0. The topological polar surface area (TPSA) is 120 Å². The normalized spacial score (nSPS) is 30.2. The zero-order valence-corrected chi connectivity index (χ0v) is 19.3. The van der Waals surface area contributed by atoms with Gasteiger partial charge in [-0.1, -0.05) is 12.1 Å². The number of nitrogens with zero attached hydrogens (tertiary/aromatic N) is 3. The number of amides is 1. The fourth-order valence-electron chi connectivity index (χ4n) is 6.33. The van der Waals surface area contributed by atoms with Crippen LogP contribution in [0, 0.1) is 40.8 Å². The number of nitriles is 1. The number of nitrogens with one attached hydrogen (secondary N) is 1. The summed E-state index contributed by atoms with van der Waals surface area (Å²) >= 11 is 0. The first-order valence-corrected chi connectivity index (χ1v) is 13.0. The lowest BCUT2D eigenvalue weighted by Gasteiger charge is -2.45. The Morgan fingerprint density at radius 2 is 1.86 bits per heavy atom. The number of carbonyl (C=O) groups is 2. The Morgan fingerprint density at radius 1 is 1.11 bits per heavy atom. The Morgan fingerprint density at radius 3 is 2.60 bits per heavy atom. The number of fused-ring (bicyclic) bond motifs is 6. The van der Waals surface area contributed by atoms with Gasteiger partial charge in [-0.2, -0.15) is 13.7 Å². The van der Waals surface area contributed by atoms with Gasteiger partial charge in [-0.3, -0.25) is 9.59 Å². The van der Waals surface area contributed by atoms with E-state index in [0.717, 1.165) is 24.8 Å². The van der Waals surface area contributed by atoms with Crippen LogP contribution in [-0.4, -0.2) is 36.9 Å². The van der Waals surface area contributed by atoms with Gasteiger partial charge in [0.05, 0.1) is 17.3 Å². The smallest absolute Gasteiger partial charge is 0.286 e. The van der Waals surface area contributed by atoms with Crippen molar-refractivity contribution in [3.8, 4) is 6.07 Å². The minimum atomic E-state index is -4.22. The predicted octanol–water partition coefficient (Wildman–Crippen LogP) is 2.85. The van der Waals surface area contributed by atoms with Gasteiger partial charge in [-0.15, -0.1) is 4.40 Å². The van der Waals surface area contributed by atoms with Crippen molar-refractivity contribution >= 4 is 33.2 Å². The average molecular weight is 493 g/mol. The van der Waals surface area contributed by atoms with E-state index in [1.54, 1.807) is 17.0 Å². The molecule has 2 heterocycles. The second-order valence-electron chi connectivity index (χ2n) is 9.68. The van der Waals surface area contributed by atoms with Crippen LogP contribution in [0.15, 0.2) is 51.8 Å².